The van der Waals surface area contributed by atoms with Gasteiger partial charge in [-0.15, -0.1) is 0 Å². The van der Waals surface area contributed by atoms with Crippen LogP contribution in [0.3, 0.4) is 0 Å². The molecular weight excluding hydrogens is 565 g/mol. The van der Waals surface area contributed by atoms with Gasteiger partial charge in [0, 0.05) is 11.8 Å². The Labute approximate surface area is 267 Å². The quantitative estimate of drug-likeness (QED) is 0.238. The molecule has 0 spiro atoms. The summed E-state index contributed by atoms with van der Waals surface area (Å²) in [6.45, 7) is 33.5. The van der Waals surface area contributed by atoms with Crippen molar-refractivity contribution in [2.75, 3.05) is 6.61 Å². The van der Waals surface area contributed by atoms with Gasteiger partial charge >= 0.3 is 0 Å². The second-order valence-corrected chi connectivity index (χ2v) is 27.8. The molecule has 4 nitrogen and oxygen atoms in total. The van der Waals surface area contributed by atoms with Crippen molar-refractivity contribution >= 4 is 22.4 Å². The zero-order chi connectivity index (χ0) is 32.4. The number of rotatable bonds is 9. The van der Waals surface area contributed by atoms with E-state index in [1.165, 1.54) is 25.7 Å². The van der Waals surface area contributed by atoms with Gasteiger partial charge < -0.3 is 13.6 Å². The largest absolute Gasteiger partial charge is 0.414 e. The number of carbonyl (C=O) groups is 1. The smallest absolute Gasteiger partial charge is 0.192 e. The number of ketones is 1. The van der Waals surface area contributed by atoms with Gasteiger partial charge in [0.2, 0.25) is 0 Å². The second-order valence-electron chi connectivity index (χ2n) is 18.3. The summed E-state index contributed by atoms with van der Waals surface area (Å²) in [5, 5.41) is 0.355. The van der Waals surface area contributed by atoms with Crippen molar-refractivity contribution in [1.82, 2.24) is 0 Å². The van der Waals surface area contributed by atoms with Crippen molar-refractivity contribution in [2.24, 2.45) is 28.6 Å². The lowest BCUT2D eigenvalue weighted by atomic mass is 9.49. The Morgan fingerprint density at radius 1 is 0.930 bits per heavy atom. The highest BCUT2D eigenvalue weighted by Gasteiger charge is 2.61. The monoisotopic (exact) mass is 630 g/mol. The molecule has 0 radical (unpaired) electrons. The van der Waals surface area contributed by atoms with E-state index in [-0.39, 0.29) is 45.0 Å². The van der Waals surface area contributed by atoms with E-state index in [2.05, 4.69) is 101 Å². The van der Waals surface area contributed by atoms with E-state index in [0.717, 1.165) is 12.8 Å². The van der Waals surface area contributed by atoms with E-state index in [4.69, 9.17) is 13.6 Å². The van der Waals surface area contributed by atoms with E-state index in [9.17, 15) is 4.79 Å². The molecule has 0 heterocycles. The first kappa shape index (κ1) is 35.3. The molecule has 4 aliphatic rings. The number of carbonyl (C=O) groups excluding carboxylic acids is 1. The molecule has 0 saturated heterocycles. The number of ether oxygens (including phenoxy) is 1. The molecule has 4 rings (SSSR count). The van der Waals surface area contributed by atoms with Crippen molar-refractivity contribution < 1.29 is 18.4 Å². The average molecular weight is 631 g/mol. The predicted octanol–water partition coefficient (Wildman–Crippen LogP) is 10.3. The minimum atomic E-state index is -2.02. The Morgan fingerprint density at radius 2 is 1.53 bits per heavy atom. The molecule has 0 N–H and O–H groups in total. The van der Waals surface area contributed by atoms with Crippen LogP contribution in [-0.2, 0) is 18.4 Å². The van der Waals surface area contributed by atoms with Gasteiger partial charge in [-0.05, 0) is 112 Å². The number of fused-ring (bicyclic) bond motifs is 5. The van der Waals surface area contributed by atoms with Crippen LogP contribution in [0.4, 0.5) is 0 Å². The lowest BCUT2D eigenvalue weighted by Crippen LogP contribution is -2.58. The SMILES string of the molecule is CC(=O)CCOC(C)[C@H]1CC[C@H]2C3=CC=C4C[C@@H](O[Si](C)(C)C(C)(C)C)C[C@H](O[Si](C)(C)C(C)(C)C)[C@]4(C)[C@H]3CC[C@]12C. The first-order valence-electron chi connectivity index (χ1n) is 17.4. The summed E-state index contributed by atoms with van der Waals surface area (Å²) < 4.78 is 21.0. The maximum absolute atomic E-state index is 11.5. The van der Waals surface area contributed by atoms with Crippen LogP contribution >= 0.6 is 0 Å². The topological polar surface area (TPSA) is 44.8 Å². The molecule has 246 valence electrons. The van der Waals surface area contributed by atoms with Crippen LogP contribution in [0.2, 0.25) is 36.3 Å². The number of hydrogen-bond acceptors (Lipinski definition) is 4. The molecule has 0 aromatic rings. The van der Waals surface area contributed by atoms with Crippen LogP contribution in [0.15, 0.2) is 23.3 Å². The summed E-state index contributed by atoms with van der Waals surface area (Å²) in [4.78, 5) is 11.5. The molecule has 0 aromatic carbocycles. The fourth-order valence-corrected chi connectivity index (χ4v) is 11.5. The zero-order valence-electron chi connectivity index (χ0n) is 30.4. The van der Waals surface area contributed by atoms with Crippen LogP contribution in [-0.4, -0.2) is 47.3 Å². The van der Waals surface area contributed by atoms with E-state index in [1.54, 1.807) is 18.1 Å². The van der Waals surface area contributed by atoms with Gasteiger partial charge in [-0.1, -0.05) is 78.7 Å². The Balaban J connectivity index is 1.67. The zero-order valence-corrected chi connectivity index (χ0v) is 32.4. The highest BCUT2D eigenvalue weighted by atomic mass is 28.4. The van der Waals surface area contributed by atoms with Gasteiger partial charge in [0.05, 0.1) is 24.9 Å². The van der Waals surface area contributed by atoms with Crippen LogP contribution in [0.25, 0.3) is 0 Å². The third-order valence-corrected chi connectivity index (χ3v) is 22.6. The molecule has 3 saturated carbocycles. The summed E-state index contributed by atoms with van der Waals surface area (Å²) in [7, 11) is -3.93. The Kier molecular flexibility index (Phi) is 9.79. The third kappa shape index (κ3) is 6.53. The molecule has 0 aliphatic heterocycles. The Bertz CT molecular complexity index is 1110. The first-order chi connectivity index (χ1) is 19.5. The van der Waals surface area contributed by atoms with Crippen molar-refractivity contribution in [1.29, 1.82) is 0 Å². The molecule has 0 aromatic heterocycles. The highest BCUT2D eigenvalue weighted by molar-refractivity contribution is 6.74. The molecule has 8 atom stereocenters. The van der Waals surface area contributed by atoms with Crippen molar-refractivity contribution in [3.63, 3.8) is 0 Å². The number of hydrogen-bond donors (Lipinski definition) is 0. The summed E-state index contributed by atoms with van der Waals surface area (Å²) in [6.07, 6.45) is 13.1. The fraction of sp³-hybridized carbons (Fsp3) is 0.865. The summed E-state index contributed by atoms with van der Waals surface area (Å²) in [6, 6.07) is 0. The van der Waals surface area contributed by atoms with Gasteiger partial charge in [0.15, 0.2) is 16.6 Å². The standard InChI is InChI=1S/C37H66O4Si2/c1-25(38)20-22-39-26(2)30-17-18-31-29-16-15-27-23-28(40-42(11,12)34(3,4)5)24-33(41-43(13,14)35(6,7)8)37(27,10)32(29)19-21-36(30,31)9/h15-16,26,28,30-33H,17-24H2,1-14H3/t26?,28-,30-,31+,32+,33+,36-,37+/m1/s1. The minimum Gasteiger partial charge on any atom is -0.414 e. The molecule has 1 unspecified atom stereocenters. The molecule has 43 heavy (non-hydrogen) atoms. The summed E-state index contributed by atoms with van der Waals surface area (Å²) in [5.41, 5.74) is 3.51. The van der Waals surface area contributed by atoms with E-state index < -0.39 is 16.6 Å². The summed E-state index contributed by atoms with van der Waals surface area (Å²) >= 11 is 0. The molecular formula is C37H66O4Si2. The summed E-state index contributed by atoms with van der Waals surface area (Å²) in [5.74, 6) is 1.88. The van der Waals surface area contributed by atoms with E-state index in [1.807, 2.05) is 0 Å². The number of allylic oxidation sites excluding steroid dienone is 3. The van der Waals surface area contributed by atoms with Crippen molar-refractivity contribution in [3.05, 3.63) is 23.3 Å². The van der Waals surface area contributed by atoms with Gasteiger partial charge in [-0.3, -0.25) is 4.79 Å². The van der Waals surface area contributed by atoms with Crippen LogP contribution < -0.4 is 0 Å². The normalized spacial score (nSPS) is 35.8. The van der Waals surface area contributed by atoms with Gasteiger partial charge in [-0.2, -0.15) is 0 Å². The minimum absolute atomic E-state index is 0.00984. The molecule has 6 heteroatoms. The maximum Gasteiger partial charge on any atom is 0.192 e. The van der Waals surface area contributed by atoms with Crippen LogP contribution in [0, 0.1) is 28.6 Å². The number of Topliss-reactive ketones (excluding diaryl/α,β-unsaturated/α-hetero) is 1. The van der Waals surface area contributed by atoms with Gasteiger partial charge in [-0.25, -0.2) is 0 Å². The predicted molar refractivity (Wildman–Crippen MR) is 185 cm³/mol. The van der Waals surface area contributed by atoms with E-state index >= 15 is 0 Å². The Hall–Kier alpha value is -0.536. The average Bonchev–Trinajstić information content (AvgIpc) is 3.20. The molecule has 3 fully saturated rings. The van der Waals surface area contributed by atoms with Crippen LogP contribution in [0.5, 0.6) is 0 Å². The molecule has 4 aliphatic carbocycles. The van der Waals surface area contributed by atoms with Crippen LogP contribution in [0.1, 0.15) is 114 Å². The molecule has 0 bridgehead atoms. The first-order valence-corrected chi connectivity index (χ1v) is 23.2. The fourth-order valence-electron chi connectivity index (χ4n) is 8.71. The Morgan fingerprint density at radius 3 is 2.12 bits per heavy atom. The highest BCUT2D eigenvalue weighted by Crippen LogP contribution is 2.66. The van der Waals surface area contributed by atoms with Gasteiger partial charge in [0.25, 0.3) is 0 Å². The lowest BCUT2D eigenvalue weighted by molar-refractivity contribution is -0.119. The van der Waals surface area contributed by atoms with Crippen molar-refractivity contribution in [2.45, 2.75) is 169 Å². The second kappa shape index (κ2) is 11.9. The lowest BCUT2D eigenvalue weighted by Gasteiger charge is -2.59. The van der Waals surface area contributed by atoms with Gasteiger partial charge in [0.1, 0.15) is 5.78 Å². The maximum atomic E-state index is 11.5. The third-order valence-electron chi connectivity index (χ3n) is 13.6. The van der Waals surface area contributed by atoms with E-state index in [0.29, 0.717) is 30.8 Å². The molecule has 0 amide bonds. The van der Waals surface area contributed by atoms with Crippen molar-refractivity contribution in [3.8, 4) is 0 Å².